The minimum atomic E-state index is -3.60. The lowest BCUT2D eigenvalue weighted by Crippen LogP contribution is -2.28. The van der Waals surface area contributed by atoms with E-state index >= 15 is 0 Å². The summed E-state index contributed by atoms with van der Waals surface area (Å²) >= 11 is 0. The molecule has 1 aliphatic rings. The van der Waals surface area contributed by atoms with Crippen molar-refractivity contribution in [1.82, 2.24) is 4.31 Å². The maximum atomic E-state index is 12.6. The van der Waals surface area contributed by atoms with E-state index in [1.807, 2.05) is 6.07 Å². The summed E-state index contributed by atoms with van der Waals surface area (Å²) in [5.74, 6) is -1.34. The number of hydrogen-bond donors (Lipinski definition) is 1. The topological polar surface area (TPSA) is 117 Å². The number of sulfonamides is 1. The Kier molecular flexibility index (Phi) is 6.26. The molecule has 0 saturated carbocycles. The van der Waals surface area contributed by atoms with Crippen LogP contribution in [-0.4, -0.2) is 44.3 Å². The molecule has 1 heterocycles. The van der Waals surface area contributed by atoms with E-state index in [1.165, 1.54) is 34.6 Å². The lowest BCUT2D eigenvalue weighted by Gasteiger charge is -2.16. The molecule has 1 saturated heterocycles. The van der Waals surface area contributed by atoms with Crippen molar-refractivity contribution in [3.8, 4) is 6.07 Å². The number of carbonyl (C=O) groups is 2. The average molecular weight is 413 g/mol. The fraction of sp³-hybridized carbons (Fsp3) is 0.250. The number of carbonyl (C=O) groups excluding carboxylic acids is 2. The van der Waals surface area contributed by atoms with Crippen LogP contribution in [0.1, 0.15) is 28.8 Å². The van der Waals surface area contributed by atoms with Gasteiger partial charge in [0.1, 0.15) is 0 Å². The van der Waals surface area contributed by atoms with Gasteiger partial charge in [-0.25, -0.2) is 13.2 Å². The van der Waals surface area contributed by atoms with Gasteiger partial charge in [0, 0.05) is 18.8 Å². The van der Waals surface area contributed by atoms with Crippen LogP contribution in [0.3, 0.4) is 0 Å². The Labute approximate surface area is 168 Å². The molecule has 0 radical (unpaired) electrons. The van der Waals surface area contributed by atoms with Crippen LogP contribution in [0, 0.1) is 11.3 Å². The van der Waals surface area contributed by atoms with Crippen LogP contribution < -0.4 is 5.32 Å². The largest absolute Gasteiger partial charge is 0.452 e. The van der Waals surface area contributed by atoms with Crippen LogP contribution in [0.25, 0.3) is 0 Å². The first-order valence-corrected chi connectivity index (χ1v) is 10.4. The summed E-state index contributed by atoms with van der Waals surface area (Å²) in [7, 11) is -3.60. The lowest BCUT2D eigenvalue weighted by atomic mass is 10.1. The van der Waals surface area contributed by atoms with Crippen LogP contribution in [0.4, 0.5) is 5.69 Å². The first-order chi connectivity index (χ1) is 13.9. The van der Waals surface area contributed by atoms with Crippen LogP contribution in [-0.2, 0) is 19.6 Å². The predicted molar refractivity (Wildman–Crippen MR) is 105 cm³/mol. The highest BCUT2D eigenvalue weighted by atomic mass is 32.2. The van der Waals surface area contributed by atoms with Gasteiger partial charge in [0.25, 0.3) is 5.91 Å². The van der Waals surface area contributed by atoms with Crippen molar-refractivity contribution < 1.29 is 22.7 Å². The smallest absolute Gasteiger partial charge is 0.338 e. The molecule has 29 heavy (non-hydrogen) atoms. The summed E-state index contributed by atoms with van der Waals surface area (Å²) in [6, 6.07) is 13.8. The highest BCUT2D eigenvalue weighted by Crippen LogP contribution is 2.23. The first-order valence-electron chi connectivity index (χ1n) is 8.97. The summed E-state index contributed by atoms with van der Waals surface area (Å²) < 4.78 is 31.6. The molecule has 3 rings (SSSR count). The van der Waals surface area contributed by atoms with Gasteiger partial charge in [0.15, 0.2) is 6.61 Å². The zero-order chi connectivity index (χ0) is 20.9. The third-order valence-corrected chi connectivity index (χ3v) is 6.28. The molecule has 150 valence electrons. The van der Waals surface area contributed by atoms with E-state index in [0.29, 0.717) is 18.7 Å². The summed E-state index contributed by atoms with van der Waals surface area (Å²) in [6.07, 6.45) is 1.66. The number of nitriles is 1. The number of hydrogen-bond acceptors (Lipinski definition) is 6. The van der Waals surface area contributed by atoms with Crippen molar-refractivity contribution in [3.63, 3.8) is 0 Å². The van der Waals surface area contributed by atoms with Crippen LogP contribution in [0.15, 0.2) is 53.4 Å². The molecule has 2 aromatic rings. The minimum absolute atomic E-state index is 0.0995. The number of rotatable bonds is 6. The van der Waals surface area contributed by atoms with Crippen LogP contribution in [0.5, 0.6) is 0 Å². The molecule has 9 heteroatoms. The van der Waals surface area contributed by atoms with E-state index < -0.39 is 28.5 Å². The third kappa shape index (κ3) is 4.99. The van der Waals surface area contributed by atoms with Crippen molar-refractivity contribution in [2.75, 3.05) is 25.0 Å². The average Bonchev–Trinajstić information content (AvgIpc) is 3.28. The predicted octanol–water partition coefficient (Wildman–Crippen LogP) is 2.14. The van der Waals surface area contributed by atoms with Gasteiger partial charge in [-0.1, -0.05) is 12.1 Å². The fourth-order valence-corrected chi connectivity index (χ4v) is 4.50. The zero-order valence-electron chi connectivity index (χ0n) is 15.5. The van der Waals surface area contributed by atoms with Gasteiger partial charge in [-0.15, -0.1) is 0 Å². The number of nitrogens with one attached hydrogen (secondary N) is 1. The number of anilines is 1. The molecule has 0 bridgehead atoms. The van der Waals surface area contributed by atoms with Crippen molar-refractivity contribution in [2.45, 2.75) is 17.7 Å². The van der Waals surface area contributed by atoms with Crippen molar-refractivity contribution in [2.24, 2.45) is 0 Å². The molecule has 1 fully saturated rings. The lowest BCUT2D eigenvalue weighted by molar-refractivity contribution is -0.119. The van der Waals surface area contributed by atoms with E-state index in [2.05, 4.69) is 5.32 Å². The molecular weight excluding hydrogens is 394 g/mol. The maximum absolute atomic E-state index is 12.6. The van der Waals surface area contributed by atoms with Gasteiger partial charge < -0.3 is 10.1 Å². The van der Waals surface area contributed by atoms with Gasteiger partial charge in [0.2, 0.25) is 10.0 Å². The molecule has 1 N–H and O–H groups in total. The third-order valence-electron chi connectivity index (χ3n) is 4.38. The molecule has 1 aliphatic heterocycles. The normalized spacial score (nSPS) is 14.2. The quantitative estimate of drug-likeness (QED) is 0.725. The van der Waals surface area contributed by atoms with E-state index in [9.17, 15) is 18.0 Å². The van der Waals surface area contributed by atoms with Gasteiger partial charge in [0.05, 0.1) is 22.1 Å². The van der Waals surface area contributed by atoms with E-state index in [0.717, 1.165) is 12.8 Å². The Balaban J connectivity index is 1.61. The maximum Gasteiger partial charge on any atom is 0.338 e. The Morgan fingerprint density at radius 1 is 1.10 bits per heavy atom. The monoisotopic (exact) mass is 413 g/mol. The fourth-order valence-electron chi connectivity index (χ4n) is 2.94. The van der Waals surface area contributed by atoms with Crippen LogP contribution >= 0.6 is 0 Å². The molecular formula is C20H19N3O5S. The zero-order valence-corrected chi connectivity index (χ0v) is 16.3. The van der Waals surface area contributed by atoms with E-state index in [4.69, 9.17) is 10.00 Å². The Morgan fingerprint density at radius 3 is 2.55 bits per heavy atom. The first kappa shape index (κ1) is 20.5. The number of esters is 1. The Hall–Kier alpha value is -3.22. The molecule has 0 aliphatic carbocycles. The van der Waals surface area contributed by atoms with Gasteiger partial charge in [-0.3, -0.25) is 4.79 Å². The number of benzene rings is 2. The van der Waals surface area contributed by atoms with Crippen molar-refractivity contribution in [3.05, 3.63) is 59.7 Å². The second kappa shape index (κ2) is 8.86. The Morgan fingerprint density at radius 2 is 1.83 bits per heavy atom. The SMILES string of the molecule is N#Cc1cccc(C(=O)OCC(=O)Nc2cccc(S(=O)(=O)N3CCCC3)c2)c1. The second-order valence-corrected chi connectivity index (χ2v) is 8.39. The standard InChI is InChI=1S/C20H19N3O5S/c21-13-15-5-3-6-16(11-15)20(25)28-14-19(24)22-17-7-4-8-18(12-17)29(26,27)23-9-1-2-10-23/h3-8,11-12H,1-2,9-10,14H2,(H,22,24). The van der Waals surface area contributed by atoms with Crippen molar-refractivity contribution >= 4 is 27.6 Å². The minimum Gasteiger partial charge on any atom is -0.452 e. The van der Waals surface area contributed by atoms with Crippen molar-refractivity contribution in [1.29, 1.82) is 5.26 Å². The van der Waals surface area contributed by atoms with E-state index in [-0.39, 0.29) is 16.1 Å². The second-order valence-electron chi connectivity index (χ2n) is 6.46. The Bertz CT molecular complexity index is 1070. The molecule has 0 unspecified atom stereocenters. The molecule has 0 spiro atoms. The number of amides is 1. The van der Waals surface area contributed by atoms with Gasteiger partial charge in [-0.05, 0) is 49.2 Å². The van der Waals surface area contributed by atoms with Gasteiger partial charge >= 0.3 is 5.97 Å². The summed E-state index contributed by atoms with van der Waals surface area (Å²) in [5.41, 5.74) is 0.758. The molecule has 0 aromatic heterocycles. The summed E-state index contributed by atoms with van der Waals surface area (Å²) in [4.78, 5) is 24.2. The van der Waals surface area contributed by atoms with Crippen LogP contribution in [0.2, 0.25) is 0 Å². The number of nitrogens with zero attached hydrogens (tertiary/aromatic N) is 2. The molecule has 0 atom stereocenters. The van der Waals surface area contributed by atoms with Gasteiger partial charge in [-0.2, -0.15) is 9.57 Å². The highest BCUT2D eigenvalue weighted by molar-refractivity contribution is 7.89. The highest BCUT2D eigenvalue weighted by Gasteiger charge is 2.27. The molecule has 1 amide bonds. The summed E-state index contributed by atoms with van der Waals surface area (Å²) in [5, 5.41) is 11.4. The molecule has 2 aromatic carbocycles. The molecule has 8 nitrogen and oxygen atoms in total. The number of ether oxygens (including phenoxy) is 1. The van der Waals surface area contributed by atoms with E-state index in [1.54, 1.807) is 18.2 Å². The summed E-state index contributed by atoms with van der Waals surface area (Å²) in [6.45, 7) is 0.433.